The number of hydrogen-bond acceptors (Lipinski definition) is 5. The van der Waals surface area contributed by atoms with Gasteiger partial charge in [-0.2, -0.15) is 0 Å². The zero-order chi connectivity index (χ0) is 17.1. The van der Waals surface area contributed by atoms with Gasteiger partial charge in [-0.1, -0.05) is 6.07 Å². The number of aliphatic hydroxyl groups is 1. The summed E-state index contributed by atoms with van der Waals surface area (Å²) in [5.41, 5.74) is 1.44. The monoisotopic (exact) mass is 347 g/mol. The third-order valence-electron chi connectivity index (χ3n) is 3.22. The minimum absolute atomic E-state index is 0.0442. The van der Waals surface area contributed by atoms with Gasteiger partial charge in [-0.25, -0.2) is 13.8 Å². The molecule has 1 aromatic carbocycles. The maximum atomic E-state index is 13.2. The van der Waals surface area contributed by atoms with Gasteiger partial charge in [0.05, 0.1) is 5.69 Å². The van der Waals surface area contributed by atoms with E-state index in [1.807, 2.05) is 0 Å². The van der Waals surface area contributed by atoms with Crippen molar-refractivity contribution in [2.45, 2.75) is 6.10 Å². The summed E-state index contributed by atoms with van der Waals surface area (Å²) in [6.07, 6.45) is 1.62. The first kappa shape index (κ1) is 16.2. The first-order valence-electron chi connectivity index (χ1n) is 6.84. The van der Waals surface area contributed by atoms with Crippen LogP contribution in [-0.4, -0.2) is 21.0 Å². The molecule has 3 aromatic rings. The van der Waals surface area contributed by atoms with Gasteiger partial charge in [0.1, 0.15) is 0 Å². The van der Waals surface area contributed by atoms with Crippen LogP contribution in [0.2, 0.25) is 0 Å². The number of pyridine rings is 1. The number of nitrogens with one attached hydrogen (secondary N) is 1. The number of hydrogen-bond donors (Lipinski definition) is 2. The largest absolute Gasteiger partial charge is 0.378 e. The molecule has 24 heavy (non-hydrogen) atoms. The fourth-order valence-electron chi connectivity index (χ4n) is 1.99. The van der Waals surface area contributed by atoms with Crippen LogP contribution in [0.3, 0.4) is 0 Å². The van der Waals surface area contributed by atoms with Gasteiger partial charge in [-0.3, -0.25) is 15.1 Å². The lowest BCUT2D eigenvalue weighted by Crippen LogP contribution is -2.20. The molecular weight excluding hydrogens is 336 g/mol. The Labute approximate surface area is 139 Å². The van der Waals surface area contributed by atoms with E-state index < -0.39 is 23.6 Å². The van der Waals surface area contributed by atoms with E-state index in [0.29, 0.717) is 5.69 Å². The van der Waals surface area contributed by atoms with Crippen LogP contribution in [0.15, 0.2) is 48.1 Å². The number of carbonyl (C=O) groups excluding carboxylic acids is 1. The van der Waals surface area contributed by atoms with Crippen molar-refractivity contribution in [2.75, 3.05) is 5.32 Å². The normalized spacial score (nSPS) is 12.0. The molecule has 3 rings (SSSR count). The molecule has 2 N–H and O–H groups in total. The highest BCUT2D eigenvalue weighted by Crippen LogP contribution is 2.25. The van der Waals surface area contributed by atoms with Crippen molar-refractivity contribution in [2.24, 2.45) is 0 Å². The molecule has 0 spiro atoms. The van der Waals surface area contributed by atoms with Gasteiger partial charge >= 0.3 is 0 Å². The van der Waals surface area contributed by atoms with Gasteiger partial charge in [-0.05, 0) is 29.8 Å². The molecule has 1 amide bonds. The third-order valence-corrected chi connectivity index (χ3v) is 3.98. The molecule has 0 saturated carbocycles. The molecule has 0 aliphatic heterocycles. The summed E-state index contributed by atoms with van der Waals surface area (Å²) in [6.45, 7) is 0. The Bertz CT molecular complexity index is 871. The molecule has 2 heterocycles. The van der Waals surface area contributed by atoms with E-state index in [2.05, 4.69) is 15.3 Å². The summed E-state index contributed by atoms with van der Waals surface area (Å²) < 4.78 is 26.1. The Morgan fingerprint density at radius 2 is 1.92 bits per heavy atom. The molecule has 0 radical (unpaired) electrons. The number of aromatic nitrogens is 2. The molecule has 0 bridgehead atoms. The molecule has 0 aliphatic rings. The maximum Gasteiger partial charge on any atom is 0.259 e. The van der Waals surface area contributed by atoms with Gasteiger partial charge in [0.2, 0.25) is 0 Å². The van der Waals surface area contributed by atoms with Gasteiger partial charge < -0.3 is 5.11 Å². The lowest BCUT2D eigenvalue weighted by Gasteiger charge is -2.10. The Morgan fingerprint density at radius 3 is 2.62 bits per heavy atom. The highest BCUT2D eigenvalue weighted by molar-refractivity contribution is 7.14. The quantitative estimate of drug-likeness (QED) is 0.760. The number of aliphatic hydroxyl groups excluding tert-OH is 1. The molecular formula is C16H11F2N3O2S. The number of anilines is 1. The first-order valence-corrected chi connectivity index (χ1v) is 7.72. The zero-order valence-electron chi connectivity index (χ0n) is 12.1. The number of amides is 1. The van der Waals surface area contributed by atoms with Crippen LogP contribution in [0.5, 0.6) is 0 Å². The molecule has 0 fully saturated rings. The zero-order valence-corrected chi connectivity index (χ0v) is 12.9. The lowest BCUT2D eigenvalue weighted by molar-refractivity contribution is -0.124. The second kappa shape index (κ2) is 6.81. The summed E-state index contributed by atoms with van der Waals surface area (Å²) >= 11 is 1.18. The van der Waals surface area contributed by atoms with Crippen molar-refractivity contribution in [1.29, 1.82) is 0 Å². The number of benzene rings is 1. The van der Waals surface area contributed by atoms with Gasteiger partial charge in [0.25, 0.3) is 5.91 Å². The highest BCUT2D eigenvalue weighted by Gasteiger charge is 2.20. The fraction of sp³-hybridized carbons (Fsp3) is 0.0625. The minimum atomic E-state index is -1.63. The van der Waals surface area contributed by atoms with Crippen LogP contribution in [0.25, 0.3) is 11.3 Å². The van der Waals surface area contributed by atoms with Crippen LogP contribution < -0.4 is 5.32 Å². The van der Waals surface area contributed by atoms with Crippen LogP contribution in [-0.2, 0) is 4.79 Å². The Morgan fingerprint density at radius 1 is 1.17 bits per heavy atom. The molecule has 5 nitrogen and oxygen atoms in total. The molecule has 0 aliphatic carbocycles. The molecule has 8 heteroatoms. The Kier molecular flexibility index (Phi) is 4.59. The van der Waals surface area contributed by atoms with Gasteiger partial charge in [0.15, 0.2) is 22.9 Å². The summed E-state index contributed by atoms with van der Waals surface area (Å²) in [4.78, 5) is 20.2. The molecule has 2 aromatic heterocycles. The lowest BCUT2D eigenvalue weighted by atomic mass is 10.1. The minimum Gasteiger partial charge on any atom is -0.378 e. The molecule has 0 saturated heterocycles. The van der Waals surface area contributed by atoms with Crippen LogP contribution >= 0.6 is 11.3 Å². The van der Waals surface area contributed by atoms with Crippen molar-refractivity contribution >= 4 is 22.4 Å². The topological polar surface area (TPSA) is 75.1 Å². The van der Waals surface area contributed by atoms with Crippen molar-refractivity contribution in [3.05, 3.63) is 65.3 Å². The fourth-order valence-corrected chi connectivity index (χ4v) is 2.72. The van der Waals surface area contributed by atoms with Crippen LogP contribution in [0.4, 0.5) is 13.9 Å². The molecule has 1 unspecified atom stereocenters. The third kappa shape index (κ3) is 3.44. The number of thiazole rings is 1. The second-order valence-corrected chi connectivity index (χ2v) is 5.70. The number of nitrogens with zero attached hydrogens (tertiary/aromatic N) is 2. The number of halogens is 2. The van der Waals surface area contributed by atoms with E-state index in [4.69, 9.17) is 0 Å². The van der Waals surface area contributed by atoms with E-state index in [1.165, 1.54) is 11.3 Å². The summed E-state index contributed by atoms with van der Waals surface area (Å²) in [5.74, 6) is -2.96. The smallest absolute Gasteiger partial charge is 0.259 e. The standard InChI is InChI=1S/C16H11F2N3O2S/c17-11-2-1-10(7-12(11)18)14(22)15(23)21-16-20-13(8-24-16)9-3-5-19-6-4-9/h1-8,14,22H,(H,20,21,23). The van der Waals surface area contributed by atoms with Crippen molar-refractivity contribution < 1.29 is 18.7 Å². The van der Waals surface area contributed by atoms with E-state index in [9.17, 15) is 18.7 Å². The van der Waals surface area contributed by atoms with Crippen LogP contribution in [0, 0.1) is 11.6 Å². The van der Waals surface area contributed by atoms with Crippen molar-refractivity contribution in [3.8, 4) is 11.3 Å². The highest BCUT2D eigenvalue weighted by atomic mass is 32.1. The predicted octanol–water partition coefficient (Wildman–Crippen LogP) is 3.16. The second-order valence-electron chi connectivity index (χ2n) is 4.84. The predicted molar refractivity (Wildman–Crippen MR) is 85.3 cm³/mol. The number of carbonyl (C=O) groups is 1. The average Bonchev–Trinajstić information content (AvgIpc) is 3.06. The van der Waals surface area contributed by atoms with Gasteiger partial charge in [0, 0.05) is 23.3 Å². The Balaban J connectivity index is 1.73. The summed E-state index contributed by atoms with van der Waals surface area (Å²) in [6, 6.07) is 6.33. The van der Waals surface area contributed by atoms with E-state index in [0.717, 1.165) is 23.8 Å². The first-order chi connectivity index (χ1) is 11.5. The van der Waals surface area contributed by atoms with Crippen LogP contribution in [0.1, 0.15) is 11.7 Å². The molecule has 122 valence electrons. The van der Waals surface area contributed by atoms with E-state index in [1.54, 1.807) is 29.9 Å². The van der Waals surface area contributed by atoms with E-state index >= 15 is 0 Å². The van der Waals surface area contributed by atoms with Gasteiger partial charge in [-0.15, -0.1) is 11.3 Å². The molecule has 1 atom stereocenters. The van der Waals surface area contributed by atoms with E-state index in [-0.39, 0.29) is 10.7 Å². The van der Waals surface area contributed by atoms with Crippen molar-refractivity contribution in [3.63, 3.8) is 0 Å². The summed E-state index contributed by atoms with van der Waals surface area (Å²) in [7, 11) is 0. The number of rotatable bonds is 4. The van der Waals surface area contributed by atoms with Crippen molar-refractivity contribution in [1.82, 2.24) is 9.97 Å². The summed E-state index contributed by atoms with van der Waals surface area (Å²) in [5, 5.41) is 14.4. The SMILES string of the molecule is O=C(Nc1nc(-c2ccncc2)cs1)C(O)c1ccc(F)c(F)c1. The maximum absolute atomic E-state index is 13.2. The Hall–Kier alpha value is -2.71. The average molecular weight is 347 g/mol.